The van der Waals surface area contributed by atoms with Crippen molar-refractivity contribution in [2.75, 3.05) is 25.1 Å². The second-order valence-corrected chi connectivity index (χ2v) is 8.44. The quantitative estimate of drug-likeness (QED) is 0.541. The zero-order valence-electron chi connectivity index (χ0n) is 17.6. The van der Waals surface area contributed by atoms with Crippen molar-refractivity contribution in [3.63, 3.8) is 0 Å². The molecule has 8 heteroatoms. The number of thiazole rings is 1. The van der Waals surface area contributed by atoms with Crippen LogP contribution in [0.2, 0.25) is 0 Å². The minimum Gasteiger partial charge on any atom is -0.462 e. The first-order valence-corrected chi connectivity index (χ1v) is 11.2. The number of carbonyl (C=O) groups is 2. The summed E-state index contributed by atoms with van der Waals surface area (Å²) in [5.41, 5.74) is 1.08. The second-order valence-electron chi connectivity index (χ2n) is 7.44. The van der Waals surface area contributed by atoms with Crippen LogP contribution in [0.4, 0.5) is 9.52 Å². The lowest BCUT2D eigenvalue weighted by molar-refractivity contribution is -0.125. The minimum absolute atomic E-state index is 0.236. The topological polar surface area (TPSA) is 77.5 Å². The van der Waals surface area contributed by atoms with Crippen LogP contribution in [-0.4, -0.2) is 36.7 Å². The summed E-state index contributed by atoms with van der Waals surface area (Å²) in [6.07, 6.45) is 0.929. The molecule has 2 heterocycles. The number of esters is 1. The predicted molar refractivity (Wildman–Crippen MR) is 120 cm³/mol. The molecule has 0 radical (unpaired) electrons. The van der Waals surface area contributed by atoms with Crippen molar-refractivity contribution >= 4 is 28.3 Å². The number of rotatable bonds is 6. The third kappa shape index (κ3) is 4.42. The summed E-state index contributed by atoms with van der Waals surface area (Å²) in [6, 6.07) is 15.3. The number of nitrogens with one attached hydrogen (secondary N) is 1. The van der Waals surface area contributed by atoms with Crippen LogP contribution < -0.4 is 5.32 Å². The van der Waals surface area contributed by atoms with Crippen molar-refractivity contribution in [2.24, 2.45) is 0 Å². The maximum absolute atomic E-state index is 13.5. The lowest BCUT2D eigenvalue weighted by atomic mass is 9.73. The van der Waals surface area contributed by atoms with E-state index in [1.165, 1.54) is 12.1 Å². The van der Waals surface area contributed by atoms with Crippen molar-refractivity contribution in [1.29, 1.82) is 0 Å². The molecule has 0 bridgehead atoms. The van der Waals surface area contributed by atoms with E-state index in [1.807, 2.05) is 30.3 Å². The Kier molecular flexibility index (Phi) is 6.62. The lowest BCUT2D eigenvalue weighted by Gasteiger charge is -2.36. The molecule has 1 aliphatic heterocycles. The van der Waals surface area contributed by atoms with Crippen molar-refractivity contribution in [3.8, 4) is 11.3 Å². The van der Waals surface area contributed by atoms with Gasteiger partial charge in [0.1, 0.15) is 10.7 Å². The Morgan fingerprint density at radius 2 is 1.81 bits per heavy atom. The van der Waals surface area contributed by atoms with Gasteiger partial charge in [-0.05, 0) is 37.5 Å². The smallest absolute Gasteiger partial charge is 0.350 e. The maximum atomic E-state index is 13.5. The highest BCUT2D eigenvalue weighted by Crippen LogP contribution is 2.38. The molecule has 0 unspecified atom stereocenters. The number of ether oxygens (including phenoxy) is 2. The number of halogens is 1. The van der Waals surface area contributed by atoms with Crippen LogP contribution in [0.25, 0.3) is 11.3 Å². The Morgan fingerprint density at radius 1 is 1.12 bits per heavy atom. The molecule has 1 aliphatic rings. The molecule has 6 nitrogen and oxygen atoms in total. The molecule has 32 heavy (non-hydrogen) atoms. The van der Waals surface area contributed by atoms with Crippen molar-refractivity contribution in [1.82, 2.24) is 4.98 Å². The third-order valence-electron chi connectivity index (χ3n) is 5.53. The van der Waals surface area contributed by atoms with Gasteiger partial charge >= 0.3 is 5.97 Å². The molecule has 3 aromatic rings. The van der Waals surface area contributed by atoms with Crippen molar-refractivity contribution in [3.05, 3.63) is 70.9 Å². The number of nitrogens with zero attached hydrogens (tertiary/aromatic N) is 1. The number of hydrogen-bond donors (Lipinski definition) is 1. The highest BCUT2D eigenvalue weighted by Gasteiger charge is 2.42. The summed E-state index contributed by atoms with van der Waals surface area (Å²) in [7, 11) is 0. The second kappa shape index (κ2) is 9.58. The van der Waals surface area contributed by atoms with Gasteiger partial charge in [-0.3, -0.25) is 4.79 Å². The molecule has 0 spiro atoms. The molecule has 1 fully saturated rings. The standard InChI is InChI=1S/C24H23FN2O4S/c1-2-31-21(28)20-19(16-6-4-3-5-7-16)26-23(32-20)27-22(29)24(12-14-30-15-13-24)17-8-10-18(25)11-9-17/h3-11H,2,12-15H2,1H3,(H,26,27,29). The van der Waals surface area contributed by atoms with Gasteiger partial charge < -0.3 is 14.8 Å². The Labute approximate surface area is 189 Å². The molecule has 2 aromatic carbocycles. The van der Waals surface area contributed by atoms with Gasteiger partial charge in [-0.2, -0.15) is 0 Å². The van der Waals surface area contributed by atoms with Crippen LogP contribution in [0, 0.1) is 5.82 Å². The van der Waals surface area contributed by atoms with Crippen LogP contribution in [-0.2, 0) is 19.7 Å². The van der Waals surface area contributed by atoms with E-state index in [0.717, 1.165) is 22.5 Å². The van der Waals surface area contributed by atoms with E-state index in [-0.39, 0.29) is 18.3 Å². The van der Waals surface area contributed by atoms with Crippen LogP contribution in [0.15, 0.2) is 54.6 Å². The van der Waals surface area contributed by atoms with Gasteiger partial charge in [0.15, 0.2) is 5.13 Å². The SMILES string of the molecule is CCOC(=O)c1sc(NC(=O)C2(c3ccc(F)cc3)CCOCC2)nc1-c1ccccc1. The fraction of sp³-hybridized carbons (Fsp3) is 0.292. The van der Waals surface area contributed by atoms with Crippen LogP contribution in [0.5, 0.6) is 0 Å². The minimum atomic E-state index is -0.866. The summed E-state index contributed by atoms with van der Waals surface area (Å²) >= 11 is 1.08. The average Bonchev–Trinajstić information content (AvgIpc) is 3.24. The van der Waals surface area contributed by atoms with Gasteiger partial charge in [0, 0.05) is 18.8 Å². The summed E-state index contributed by atoms with van der Waals surface area (Å²) in [6.45, 7) is 2.82. The van der Waals surface area contributed by atoms with E-state index in [2.05, 4.69) is 10.3 Å². The molecular formula is C24H23FN2O4S. The highest BCUT2D eigenvalue weighted by molar-refractivity contribution is 7.18. The Bertz CT molecular complexity index is 1090. The highest BCUT2D eigenvalue weighted by atomic mass is 32.1. The zero-order valence-corrected chi connectivity index (χ0v) is 18.4. The Morgan fingerprint density at radius 3 is 2.47 bits per heavy atom. The molecule has 1 amide bonds. The van der Waals surface area contributed by atoms with Gasteiger partial charge in [-0.15, -0.1) is 0 Å². The molecule has 1 N–H and O–H groups in total. The van der Waals surface area contributed by atoms with Crippen molar-refractivity contribution < 1.29 is 23.5 Å². The first kappa shape index (κ1) is 22.1. The lowest BCUT2D eigenvalue weighted by Crippen LogP contribution is -2.44. The summed E-state index contributed by atoms with van der Waals surface area (Å²) < 4.78 is 24.2. The molecular weight excluding hydrogens is 431 g/mol. The van der Waals surface area contributed by atoms with Crippen LogP contribution in [0.3, 0.4) is 0 Å². The Balaban J connectivity index is 1.68. The Hall–Kier alpha value is -3.10. The fourth-order valence-corrected chi connectivity index (χ4v) is 4.73. The molecule has 1 saturated heterocycles. The van der Waals surface area contributed by atoms with E-state index in [0.29, 0.717) is 41.8 Å². The summed E-state index contributed by atoms with van der Waals surface area (Å²) in [5, 5.41) is 3.21. The maximum Gasteiger partial charge on any atom is 0.350 e. The monoisotopic (exact) mass is 454 g/mol. The van der Waals surface area contributed by atoms with E-state index in [4.69, 9.17) is 9.47 Å². The van der Waals surface area contributed by atoms with E-state index in [9.17, 15) is 14.0 Å². The molecule has 0 saturated carbocycles. The van der Waals surface area contributed by atoms with Gasteiger partial charge in [0.05, 0.1) is 17.7 Å². The van der Waals surface area contributed by atoms with Gasteiger partial charge in [0.25, 0.3) is 0 Å². The normalized spacial score (nSPS) is 15.2. The fourth-order valence-electron chi connectivity index (χ4n) is 3.85. The van der Waals surface area contributed by atoms with Crippen LogP contribution >= 0.6 is 11.3 Å². The van der Waals surface area contributed by atoms with E-state index < -0.39 is 11.4 Å². The number of benzene rings is 2. The average molecular weight is 455 g/mol. The predicted octanol–water partition coefficient (Wildman–Crippen LogP) is 4.81. The molecule has 166 valence electrons. The van der Waals surface area contributed by atoms with E-state index in [1.54, 1.807) is 19.1 Å². The largest absolute Gasteiger partial charge is 0.462 e. The summed E-state index contributed by atoms with van der Waals surface area (Å²) in [5.74, 6) is -1.09. The number of hydrogen-bond acceptors (Lipinski definition) is 6. The first-order chi connectivity index (χ1) is 15.5. The van der Waals surface area contributed by atoms with Crippen molar-refractivity contribution in [2.45, 2.75) is 25.2 Å². The first-order valence-electron chi connectivity index (χ1n) is 10.4. The summed E-state index contributed by atoms with van der Waals surface area (Å²) in [4.78, 5) is 30.9. The number of amides is 1. The molecule has 0 aliphatic carbocycles. The molecule has 4 rings (SSSR count). The third-order valence-corrected chi connectivity index (χ3v) is 6.48. The van der Waals surface area contributed by atoms with Crippen LogP contribution in [0.1, 0.15) is 35.0 Å². The van der Waals surface area contributed by atoms with Gasteiger partial charge in [-0.1, -0.05) is 53.8 Å². The number of carbonyl (C=O) groups excluding carboxylic acids is 2. The molecule has 0 atom stereocenters. The number of anilines is 1. The van der Waals surface area contributed by atoms with E-state index >= 15 is 0 Å². The number of aromatic nitrogens is 1. The molecule has 1 aromatic heterocycles. The zero-order chi connectivity index (χ0) is 22.6. The van der Waals surface area contributed by atoms with Gasteiger partial charge in [-0.25, -0.2) is 14.2 Å². The van der Waals surface area contributed by atoms with Gasteiger partial charge in [0.2, 0.25) is 5.91 Å².